The summed E-state index contributed by atoms with van der Waals surface area (Å²) in [5.41, 5.74) is 0.984. The van der Waals surface area contributed by atoms with Crippen LogP contribution in [0, 0.1) is 13.8 Å². The van der Waals surface area contributed by atoms with Crippen LogP contribution in [-0.2, 0) is 0 Å². The minimum atomic E-state index is -5.59. The minimum absolute atomic E-state index is 0.0418. The Hall–Kier alpha value is -1.17. The Balaban J connectivity index is 3.30. The average Bonchev–Trinajstić information content (AvgIpc) is 2.22. The van der Waals surface area contributed by atoms with Crippen LogP contribution in [-0.4, -0.2) is 19.1 Å². The second-order valence-corrected chi connectivity index (χ2v) is 4.20. The maximum absolute atomic E-state index is 13.4. The summed E-state index contributed by atoms with van der Waals surface area (Å²) in [6.07, 6.45) is -5.59. The lowest BCUT2D eigenvalue weighted by Gasteiger charge is -2.29. The van der Waals surface area contributed by atoms with Gasteiger partial charge in [0.25, 0.3) is 0 Å². The Bertz CT molecular complexity index is 425. The summed E-state index contributed by atoms with van der Waals surface area (Å²) in [5, 5.41) is 2.06. The van der Waals surface area contributed by atoms with Gasteiger partial charge in [0, 0.05) is 0 Å². The van der Waals surface area contributed by atoms with Crippen LogP contribution in [0.3, 0.4) is 0 Å². The molecule has 0 saturated heterocycles. The molecule has 1 rings (SSSR count). The highest BCUT2D eigenvalue weighted by molar-refractivity contribution is 5.34. The predicted octanol–water partition coefficient (Wildman–Crippen LogP) is 3.76. The molecule has 1 aromatic carbocycles. The third kappa shape index (κ3) is 2.63. The minimum Gasteiger partial charge on any atom is -0.308 e. The zero-order valence-corrected chi connectivity index (χ0v) is 10.2. The summed E-state index contributed by atoms with van der Waals surface area (Å²) in [6, 6.07) is 2.45. The van der Waals surface area contributed by atoms with Crippen molar-refractivity contribution in [3.05, 3.63) is 34.9 Å². The van der Waals surface area contributed by atoms with E-state index in [0.717, 1.165) is 7.05 Å². The molecule has 1 atom stereocenters. The first-order valence-corrected chi connectivity index (χ1v) is 5.30. The first kappa shape index (κ1) is 14.9. The van der Waals surface area contributed by atoms with E-state index in [0.29, 0.717) is 11.1 Å². The van der Waals surface area contributed by atoms with Gasteiger partial charge in [-0.3, -0.25) is 0 Å². The number of alkyl halides is 5. The maximum Gasteiger partial charge on any atom is 0.455 e. The van der Waals surface area contributed by atoms with Crippen molar-refractivity contribution in [2.24, 2.45) is 0 Å². The van der Waals surface area contributed by atoms with Gasteiger partial charge in [0.1, 0.15) is 6.04 Å². The predicted molar refractivity (Wildman–Crippen MR) is 58.7 cm³/mol. The summed E-state index contributed by atoms with van der Waals surface area (Å²) >= 11 is 0. The molecule has 0 heterocycles. The van der Waals surface area contributed by atoms with Gasteiger partial charge in [-0.25, -0.2) is 0 Å². The fraction of sp³-hybridized carbons (Fsp3) is 0.500. The van der Waals surface area contributed by atoms with Crippen LogP contribution in [0.4, 0.5) is 22.0 Å². The zero-order valence-electron chi connectivity index (χ0n) is 10.2. The first-order chi connectivity index (χ1) is 8.11. The highest BCUT2D eigenvalue weighted by atomic mass is 19.4. The molecule has 1 N–H and O–H groups in total. The lowest BCUT2D eigenvalue weighted by molar-refractivity contribution is -0.294. The molecular formula is C12H14F5N. The van der Waals surface area contributed by atoms with Crippen LogP contribution in [0.1, 0.15) is 22.7 Å². The van der Waals surface area contributed by atoms with Crippen LogP contribution >= 0.6 is 0 Å². The van der Waals surface area contributed by atoms with Gasteiger partial charge in [-0.05, 0) is 32.0 Å². The lowest BCUT2D eigenvalue weighted by atomic mass is 9.94. The Labute approximate surface area is 102 Å². The van der Waals surface area contributed by atoms with Gasteiger partial charge in [0.2, 0.25) is 0 Å². The van der Waals surface area contributed by atoms with E-state index >= 15 is 0 Å². The van der Waals surface area contributed by atoms with Crippen molar-refractivity contribution in [3.8, 4) is 0 Å². The van der Waals surface area contributed by atoms with Gasteiger partial charge in [-0.15, -0.1) is 0 Å². The molecule has 1 aromatic rings. The molecular weight excluding hydrogens is 253 g/mol. The summed E-state index contributed by atoms with van der Waals surface area (Å²) in [7, 11) is 1.09. The normalized spacial score (nSPS) is 14.7. The third-order valence-electron chi connectivity index (χ3n) is 2.77. The Kier molecular flexibility index (Phi) is 4.00. The van der Waals surface area contributed by atoms with E-state index < -0.39 is 18.1 Å². The average molecular weight is 267 g/mol. The largest absolute Gasteiger partial charge is 0.455 e. The van der Waals surface area contributed by atoms with Crippen molar-refractivity contribution in [2.75, 3.05) is 7.05 Å². The quantitative estimate of drug-likeness (QED) is 0.822. The molecule has 1 nitrogen and oxygen atoms in total. The fourth-order valence-corrected chi connectivity index (χ4v) is 1.77. The van der Waals surface area contributed by atoms with Crippen molar-refractivity contribution in [2.45, 2.75) is 32.0 Å². The molecule has 0 spiro atoms. The van der Waals surface area contributed by atoms with Crippen LogP contribution in [0.5, 0.6) is 0 Å². The molecule has 0 aliphatic carbocycles. The zero-order chi connectivity index (χ0) is 14.1. The van der Waals surface area contributed by atoms with Crippen molar-refractivity contribution in [1.82, 2.24) is 5.32 Å². The van der Waals surface area contributed by atoms with Crippen molar-refractivity contribution in [1.29, 1.82) is 0 Å². The monoisotopic (exact) mass is 267 g/mol. The number of hydrogen-bond donors (Lipinski definition) is 1. The van der Waals surface area contributed by atoms with Gasteiger partial charge in [-0.1, -0.05) is 23.8 Å². The third-order valence-corrected chi connectivity index (χ3v) is 2.77. The van der Waals surface area contributed by atoms with Gasteiger partial charge in [0.05, 0.1) is 0 Å². The number of nitrogens with one attached hydrogen (secondary N) is 1. The Morgan fingerprint density at radius 3 is 2.06 bits per heavy atom. The number of hydrogen-bond acceptors (Lipinski definition) is 1. The molecule has 0 aromatic heterocycles. The van der Waals surface area contributed by atoms with Crippen LogP contribution < -0.4 is 5.32 Å². The van der Waals surface area contributed by atoms with E-state index in [4.69, 9.17) is 0 Å². The van der Waals surface area contributed by atoms with Gasteiger partial charge >= 0.3 is 12.1 Å². The molecule has 6 heteroatoms. The summed E-state index contributed by atoms with van der Waals surface area (Å²) < 4.78 is 64.0. The molecule has 0 bridgehead atoms. The molecule has 0 aliphatic rings. The smallest absolute Gasteiger partial charge is 0.308 e. The van der Waals surface area contributed by atoms with E-state index in [1.54, 1.807) is 13.0 Å². The van der Waals surface area contributed by atoms with E-state index in [9.17, 15) is 22.0 Å². The molecule has 0 saturated carbocycles. The molecule has 102 valence electrons. The Morgan fingerprint density at radius 2 is 1.61 bits per heavy atom. The van der Waals surface area contributed by atoms with E-state index in [1.807, 2.05) is 0 Å². The molecule has 18 heavy (non-hydrogen) atoms. The maximum atomic E-state index is 13.4. The van der Waals surface area contributed by atoms with E-state index in [-0.39, 0.29) is 5.56 Å². The highest BCUT2D eigenvalue weighted by Gasteiger charge is 2.62. The van der Waals surface area contributed by atoms with Crippen molar-refractivity contribution >= 4 is 0 Å². The summed E-state index contributed by atoms with van der Waals surface area (Å²) in [5.74, 6) is -4.82. The first-order valence-electron chi connectivity index (χ1n) is 5.30. The standard InChI is InChI=1S/C12H14F5N/c1-7-4-5-8(2)9(6-7)10(18-3)11(13,14)12(15,16)17/h4-6,10,18H,1-3H3. The molecule has 0 radical (unpaired) electrons. The number of aryl methyl sites for hydroxylation is 2. The van der Waals surface area contributed by atoms with Crippen LogP contribution in [0.25, 0.3) is 0 Å². The Morgan fingerprint density at radius 1 is 1.06 bits per heavy atom. The number of benzene rings is 1. The van der Waals surface area contributed by atoms with Gasteiger partial charge in [0.15, 0.2) is 0 Å². The van der Waals surface area contributed by atoms with E-state index in [1.165, 1.54) is 19.1 Å². The van der Waals surface area contributed by atoms with Gasteiger partial charge in [-0.2, -0.15) is 22.0 Å². The molecule has 0 fully saturated rings. The number of halogens is 5. The topological polar surface area (TPSA) is 12.0 Å². The molecule has 1 unspecified atom stereocenters. The van der Waals surface area contributed by atoms with Crippen LogP contribution in [0.15, 0.2) is 18.2 Å². The van der Waals surface area contributed by atoms with Crippen molar-refractivity contribution in [3.63, 3.8) is 0 Å². The number of rotatable bonds is 3. The second kappa shape index (κ2) is 4.84. The molecule has 0 aliphatic heterocycles. The molecule has 0 amide bonds. The summed E-state index contributed by atoms with van der Waals surface area (Å²) in [4.78, 5) is 0. The van der Waals surface area contributed by atoms with Gasteiger partial charge < -0.3 is 5.32 Å². The fourth-order valence-electron chi connectivity index (χ4n) is 1.77. The SMILES string of the molecule is CNC(c1cc(C)ccc1C)C(F)(F)C(F)(F)F. The van der Waals surface area contributed by atoms with Crippen LogP contribution in [0.2, 0.25) is 0 Å². The highest BCUT2D eigenvalue weighted by Crippen LogP contribution is 2.45. The van der Waals surface area contributed by atoms with Crippen molar-refractivity contribution < 1.29 is 22.0 Å². The van der Waals surface area contributed by atoms with E-state index in [2.05, 4.69) is 5.32 Å². The second-order valence-electron chi connectivity index (χ2n) is 4.20. The lowest BCUT2D eigenvalue weighted by Crippen LogP contribution is -2.47. The summed E-state index contributed by atoms with van der Waals surface area (Å²) in [6.45, 7) is 3.15.